The van der Waals surface area contributed by atoms with Crippen molar-refractivity contribution in [3.8, 4) is 23.0 Å². The van der Waals surface area contributed by atoms with Crippen LogP contribution in [-0.4, -0.2) is 25.4 Å². The van der Waals surface area contributed by atoms with Crippen LogP contribution in [0.25, 0.3) is 23.0 Å². The Morgan fingerprint density at radius 3 is 2.43 bits per heavy atom. The third kappa shape index (κ3) is 3.83. The van der Waals surface area contributed by atoms with Crippen molar-refractivity contribution in [1.29, 1.82) is 0 Å². The number of hydrogen-bond acceptors (Lipinski definition) is 6. The van der Waals surface area contributed by atoms with Gasteiger partial charge in [-0.05, 0) is 24.3 Å². The molecule has 5 nitrogen and oxygen atoms in total. The van der Waals surface area contributed by atoms with Gasteiger partial charge in [-0.2, -0.15) is 0 Å². The number of aromatic nitrogens is 4. The zero-order valence-electron chi connectivity index (χ0n) is 12.3. The summed E-state index contributed by atoms with van der Waals surface area (Å²) in [5.74, 6) is 0.636. The van der Waals surface area contributed by atoms with E-state index in [2.05, 4.69) is 34.0 Å². The van der Waals surface area contributed by atoms with Gasteiger partial charge in [0.15, 0.2) is 10.9 Å². The van der Waals surface area contributed by atoms with E-state index >= 15 is 0 Å². The molecule has 2 heterocycles. The summed E-state index contributed by atoms with van der Waals surface area (Å²) in [5.41, 5.74) is 1.20. The van der Waals surface area contributed by atoms with Gasteiger partial charge in [0, 0.05) is 15.8 Å². The predicted molar refractivity (Wildman–Crippen MR) is 91.8 cm³/mol. The summed E-state index contributed by atoms with van der Waals surface area (Å²) in [6.45, 7) is 4.13. The second-order valence-electron chi connectivity index (χ2n) is 4.93. The van der Waals surface area contributed by atoms with Gasteiger partial charge in [0.1, 0.15) is 0 Å². The van der Waals surface area contributed by atoms with Crippen LogP contribution in [0.2, 0.25) is 10.0 Å². The molecule has 0 spiro atoms. The molecule has 0 aliphatic heterocycles. The topological polar surface area (TPSA) is 64.7 Å². The molecule has 0 aliphatic carbocycles. The minimum Gasteiger partial charge on any atom is -0.415 e. The summed E-state index contributed by atoms with van der Waals surface area (Å²) in [5, 5.41) is 10.1. The molecule has 23 heavy (non-hydrogen) atoms. The van der Waals surface area contributed by atoms with Crippen LogP contribution >= 0.6 is 35.0 Å². The van der Waals surface area contributed by atoms with E-state index in [1.54, 1.807) is 30.5 Å². The third-order valence-corrected chi connectivity index (χ3v) is 4.19. The van der Waals surface area contributed by atoms with Gasteiger partial charge in [0.25, 0.3) is 5.89 Å². The molecule has 1 aromatic carbocycles. The number of benzene rings is 1. The fourth-order valence-corrected chi connectivity index (χ4v) is 2.77. The maximum atomic E-state index is 6.16. The molecule has 3 aromatic rings. The quantitative estimate of drug-likeness (QED) is 0.478. The maximum Gasteiger partial charge on any atom is 0.268 e. The van der Waals surface area contributed by atoms with E-state index in [0.29, 0.717) is 32.0 Å². The van der Waals surface area contributed by atoms with Crippen molar-refractivity contribution in [2.24, 2.45) is 0 Å². The van der Waals surface area contributed by atoms with Gasteiger partial charge in [0.2, 0.25) is 5.89 Å². The SMILES string of the molecule is CC(C)Sc1ncc(Cl)c(-c2nnc(-c3ccc(Cl)cc3)o2)n1. The van der Waals surface area contributed by atoms with Crippen molar-refractivity contribution in [2.45, 2.75) is 24.3 Å². The van der Waals surface area contributed by atoms with Crippen LogP contribution in [0.5, 0.6) is 0 Å². The first-order valence-electron chi connectivity index (χ1n) is 6.82. The highest BCUT2D eigenvalue weighted by Gasteiger charge is 2.16. The van der Waals surface area contributed by atoms with Crippen molar-refractivity contribution in [3.05, 3.63) is 40.5 Å². The molecule has 118 valence electrons. The van der Waals surface area contributed by atoms with Crippen molar-refractivity contribution in [1.82, 2.24) is 20.2 Å². The minimum atomic E-state index is 0.257. The number of thioether (sulfide) groups is 1. The first-order chi connectivity index (χ1) is 11.0. The molecule has 3 rings (SSSR count). The molecule has 0 fully saturated rings. The van der Waals surface area contributed by atoms with Crippen LogP contribution < -0.4 is 0 Å². The molecule has 0 bridgehead atoms. The van der Waals surface area contributed by atoms with Crippen LogP contribution in [-0.2, 0) is 0 Å². The monoisotopic (exact) mass is 366 g/mol. The fraction of sp³-hybridized carbons (Fsp3) is 0.200. The van der Waals surface area contributed by atoms with E-state index in [0.717, 1.165) is 5.56 Å². The Morgan fingerprint density at radius 1 is 1.04 bits per heavy atom. The second kappa shape index (κ2) is 6.86. The van der Waals surface area contributed by atoms with Crippen molar-refractivity contribution >= 4 is 35.0 Å². The summed E-state index contributed by atoms with van der Waals surface area (Å²) >= 11 is 13.6. The van der Waals surface area contributed by atoms with Gasteiger partial charge in [0.05, 0.1) is 11.2 Å². The van der Waals surface area contributed by atoms with Gasteiger partial charge >= 0.3 is 0 Å². The predicted octanol–water partition coefficient (Wildman–Crippen LogP) is 5.00. The van der Waals surface area contributed by atoms with Gasteiger partial charge < -0.3 is 4.42 Å². The molecule has 0 saturated carbocycles. The van der Waals surface area contributed by atoms with Gasteiger partial charge in [-0.1, -0.05) is 48.8 Å². The van der Waals surface area contributed by atoms with E-state index < -0.39 is 0 Å². The summed E-state index contributed by atoms with van der Waals surface area (Å²) < 4.78 is 5.69. The van der Waals surface area contributed by atoms with Gasteiger partial charge in [-0.15, -0.1) is 10.2 Å². The van der Waals surface area contributed by atoms with Gasteiger partial charge in [-0.3, -0.25) is 0 Å². The third-order valence-electron chi connectivity index (χ3n) is 2.78. The molecule has 0 atom stereocenters. The van der Waals surface area contributed by atoms with E-state index in [-0.39, 0.29) is 5.89 Å². The van der Waals surface area contributed by atoms with Crippen molar-refractivity contribution < 1.29 is 4.42 Å². The molecule has 2 aromatic heterocycles. The fourth-order valence-electron chi connectivity index (χ4n) is 1.80. The van der Waals surface area contributed by atoms with Crippen LogP contribution in [0, 0.1) is 0 Å². The number of hydrogen-bond donors (Lipinski definition) is 0. The second-order valence-corrected chi connectivity index (χ2v) is 7.32. The number of halogens is 2. The highest BCUT2D eigenvalue weighted by molar-refractivity contribution is 7.99. The Balaban J connectivity index is 1.95. The summed E-state index contributed by atoms with van der Waals surface area (Å²) in [6.07, 6.45) is 1.54. The molecule has 8 heteroatoms. The highest BCUT2D eigenvalue weighted by atomic mass is 35.5. The molecule has 0 unspecified atom stereocenters. The van der Waals surface area contributed by atoms with E-state index in [1.807, 2.05) is 0 Å². The summed E-state index contributed by atoms with van der Waals surface area (Å²) in [4.78, 5) is 8.60. The van der Waals surface area contributed by atoms with E-state index in [9.17, 15) is 0 Å². The van der Waals surface area contributed by atoms with Crippen LogP contribution in [0.1, 0.15) is 13.8 Å². The number of nitrogens with zero attached hydrogens (tertiary/aromatic N) is 4. The van der Waals surface area contributed by atoms with Gasteiger partial charge in [-0.25, -0.2) is 9.97 Å². The Labute approximate surface area is 147 Å². The Bertz CT molecular complexity index is 821. The van der Waals surface area contributed by atoms with Crippen LogP contribution in [0.15, 0.2) is 40.0 Å². The Kier molecular flexibility index (Phi) is 4.84. The lowest BCUT2D eigenvalue weighted by Gasteiger charge is -2.04. The normalized spacial score (nSPS) is 11.2. The Morgan fingerprint density at radius 2 is 1.74 bits per heavy atom. The maximum absolute atomic E-state index is 6.16. The highest BCUT2D eigenvalue weighted by Crippen LogP contribution is 2.30. The lowest BCUT2D eigenvalue weighted by molar-refractivity contribution is 0.581. The minimum absolute atomic E-state index is 0.257. The van der Waals surface area contributed by atoms with E-state index in [4.69, 9.17) is 27.6 Å². The summed E-state index contributed by atoms with van der Waals surface area (Å²) in [6, 6.07) is 7.13. The first-order valence-corrected chi connectivity index (χ1v) is 8.45. The molecular formula is C15H12Cl2N4OS. The van der Waals surface area contributed by atoms with E-state index in [1.165, 1.54) is 11.8 Å². The average Bonchev–Trinajstić information content (AvgIpc) is 2.99. The van der Waals surface area contributed by atoms with Crippen LogP contribution in [0.4, 0.5) is 0 Å². The lowest BCUT2D eigenvalue weighted by atomic mass is 10.2. The molecule has 0 amide bonds. The van der Waals surface area contributed by atoms with Crippen molar-refractivity contribution in [2.75, 3.05) is 0 Å². The zero-order valence-corrected chi connectivity index (χ0v) is 14.7. The standard InChI is InChI=1S/C15H12Cl2N4OS/c1-8(2)23-15-18-7-11(17)12(19-15)14-21-20-13(22-14)9-3-5-10(16)6-4-9/h3-8H,1-2H3. The lowest BCUT2D eigenvalue weighted by Crippen LogP contribution is -1.95. The molecule has 0 saturated heterocycles. The largest absolute Gasteiger partial charge is 0.415 e. The first kappa shape index (κ1) is 16.2. The molecular weight excluding hydrogens is 355 g/mol. The number of rotatable bonds is 4. The molecule has 0 N–H and O–H groups in total. The zero-order chi connectivity index (χ0) is 16.4. The smallest absolute Gasteiger partial charge is 0.268 e. The summed E-state index contributed by atoms with van der Waals surface area (Å²) in [7, 11) is 0. The molecule has 0 aliphatic rings. The van der Waals surface area contributed by atoms with Crippen molar-refractivity contribution in [3.63, 3.8) is 0 Å². The Hall–Kier alpha value is -1.63. The molecule has 0 radical (unpaired) electrons. The van der Waals surface area contributed by atoms with Crippen LogP contribution in [0.3, 0.4) is 0 Å². The average molecular weight is 367 g/mol.